The Balaban J connectivity index is 1.82. The molecular weight excluding hydrogens is 515 g/mol. The Morgan fingerprint density at radius 2 is 1.97 bits per heavy atom. The summed E-state index contributed by atoms with van der Waals surface area (Å²) in [6.07, 6.45) is 0.258. The molecule has 1 aromatic heterocycles. The van der Waals surface area contributed by atoms with Crippen molar-refractivity contribution in [1.29, 1.82) is 0 Å². The molecule has 0 saturated heterocycles. The van der Waals surface area contributed by atoms with E-state index < -0.39 is 24.0 Å². The van der Waals surface area contributed by atoms with E-state index in [2.05, 4.69) is 19.9 Å². The van der Waals surface area contributed by atoms with Crippen LogP contribution in [0.15, 0.2) is 12.1 Å². The van der Waals surface area contributed by atoms with E-state index in [0.717, 1.165) is 26.4 Å². The Hall–Kier alpha value is -2.10. The number of carbonyl (C=O) groups excluding carboxylic acids is 2. The molecular formula is C23H34N4O4Sn. The molecule has 2 aromatic rings. The van der Waals surface area contributed by atoms with Gasteiger partial charge in [-0.05, 0) is 0 Å². The number of ether oxygens (including phenoxy) is 2. The van der Waals surface area contributed by atoms with Gasteiger partial charge in [-0.25, -0.2) is 4.79 Å². The van der Waals surface area contributed by atoms with Crippen molar-refractivity contribution >= 4 is 34.3 Å². The summed E-state index contributed by atoms with van der Waals surface area (Å²) in [7, 11) is 1.87. The Bertz CT molecular complexity index is 1030. The van der Waals surface area contributed by atoms with Gasteiger partial charge >= 0.3 is 190 Å². The second kappa shape index (κ2) is 9.03. The quantitative estimate of drug-likeness (QED) is 0.406. The van der Waals surface area contributed by atoms with Crippen LogP contribution >= 0.6 is 0 Å². The van der Waals surface area contributed by atoms with E-state index in [9.17, 15) is 9.59 Å². The second-order valence-electron chi connectivity index (χ2n) is 10.3. The fraction of sp³-hybridized carbons (Fsp3) is 0.565. The molecule has 8 nitrogen and oxygen atoms in total. The Kier molecular flexibility index (Phi) is 6.93. The summed E-state index contributed by atoms with van der Waals surface area (Å²) in [4.78, 5) is 38.1. The van der Waals surface area contributed by atoms with Crippen LogP contribution in [0.2, 0.25) is 14.8 Å². The van der Waals surface area contributed by atoms with E-state index in [1.54, 1.807) is 9.58 Å². The van der Waals surface area contributed by atoms with E-state index in [1.165, 1.54) is 0 Å². The molecule has 9 heteroatoms. The minimum Gasteiger partial charge on any atom is -0.246 e. The molecule has 0 spiro atoms. The van der Waals surface area contributed by atoms with Crippen molar-refractivity contribution in [3.8, 4) is 0 Å². The minimum atomic E-state index is -2.43. The van der Waals surface area contributed by atoms with Crippen LogP contribution in [0, 0.1) is 6.92 Å². The molecule has 0 N–H and O–H groups in total. The number of hydrogen-bond donors (Lipinski definition) is 0. The van der Waals surface area contributed by atoms with Crippen molar-refractivity contribution in [2.45, 2.75) is 67.7 Å². The van der Waals surface area contributed by atoms with E-state index in [1.807, 2.05) is 46.9 Å². The number of fused-ring (bicyclic) bond motifs is 1. The summed E-state index contributed by atoms with van der Waals surface area (Å²) in [6, 6.07) is 3.76. The Morgan fingerprint density at radius 1 is 1.28 bits per heavy atom. The van der Waals surface area contributed by atoms with Crippen LogP contribution in [-0.4, -0.2) is 62.2 Å². The molecule has 1 aliphatic rings. The van der Waals surface area contributed by atoms with Crippen molar-refractivity contribution in [2.24, 2.45) is 7.05 Å². The van der Waals surface area contributed by atoms with Gasteiger partial charge in [-0.15, -0.1) is 0 Å². The SMILES string of the molecule is Cc1c(CCN(Cc2n[c]([Sn]([CH3])([CH3])[CH3])nn2C)C(=O)OC(C)(C)C)ccc2c1COC2=O. The minimum absolute atomic E-state index is 0.271. The first kappa shape index (κ1) is 24.5. The number of carbonyl (C=O) groups is 2. The van der Waals surface area contributed by atoms with Crippen LogP contribution in [0.5, 0.6) is 0 Å². The molecule has 1 aliphatic heterocycles. The predicted molar refractivity (Wildman–Crippen MR) is 125 cm³/mol. The second-order valence-corrected chi connectivity index (χ2v) is 24.4. The third-order valence-corrected chi connectivity index (χ3v) is 9.87. The van der Waals surface area contributed by atoms with Crippen molar-refractivity contribution in [1.82, 2.24) is 19.7 Å². The van der Waals surface area contributed by atoms with Gasteiger partial charge in [0, 0.05) is 0 Å². The maximum atomic E-state index is 13.0. The zero-order chi connectivity index (χ0) is 23.8. The molecule has 32 heavy (non-hydrogen) atoms. The van der Waals surface area contributed by atoms with Gasteiger partial charge in [0.05, 0.1) is 0 Å². The number of aryl methyl sites for hydroxylation is 1. The molecule has 3 rings (SSSR count). The van der Waals surface area contributed by atoms with Gasteiger partial charge in [-0.3, -0.25) is 0 Å². The molecule has 1 aromatic carbocycles. The molecule has 0 unspecified atom stereocenters. The Morgan fingerprint density at radius 3 is 2.56 bits per heavy atom. The first-order valence-corrected chi connectivity index (χ1v) is 20.9. The normalized spacial score (nSPS) is 13.7. The van der Waals surface area contributed by atoms with Gasteiger partial charge < -0.3 is 0 Å². The van der Waals surface area contributed by atoms with Gasteiger partial charge in [-0.2, -0.15) is 0 Å². The third kappa shape index (κ3) is 5.63. The van der Waals surface area contributed by atoms with Crippen molar-refractivity contribution < 1.29 is 19.1 Å². The molecule has 0 radical (unpaired) electrons. The van der Waals surface area contributed by atoms with Gasteiger partial charge in [-0.1, -0.05) is 0 Å². The zero-order valence-corrected chi connectivity index (χ0v) is 23.3. The first-order chi connectivity index (χ1) is 14.8. The molecule has 0 aliphatic carbocycles. The number of cyclic esters (lactones) is 1. The molecule has 1 amide bonds. The summed E-state index contributed by atoms with van der Waals surface area (Å²) in [5, 5.41) is 4.62. The van der Waals surface area contributed by atoms with E-state index in [-0.39, 0.29) is 12.1 Å². The molecule has 174 valence electrons. The smallest absolute Gasteiger partial charge is 0.246 e. The Labute approximate surface area is 194 Å². The van der Waals surface area contributed by atoms with Gasteiger partial charge in [0.15, 0.2) is 0 Å². The summed E-state index contributed by atoms with van der Waals surface area (Å²) in [5.74, 6) is 0.481. The van der Waals surface area contributed by atoms with Crippen LogP contribution in [0.1, 0.15) is 53.6 Å². The fourth-order valence-corrected chi connectivity index (χ4v) is 6.14. The number of hydrogen-bond acceptors (Lipinski definition) is 6. The fourth-order valence-electron chi connectivity index (χ4n) is 3.53. The number of aromatic nitrogens is 3. The average molecular weight is 549 g/mol. The topological polar surface area (TPSA) is 86.6 Å². The third-order valence-electron chi connectivity index (χ3n) is 5.44. The summed E-state index contributed by atoms with van der Waals surface area (Å²) < 4.78 is 13.6. The molecule has 2 heterocycles. The molecule has 0 atom stereocenters. The van der Waals surface area contributed by atoms with E-state index in [0.29, 0.717) is 31.7 Å². The monoisotopic (exact) mass is 550 g/mol. The zero-order valence-electron chi connectivity index (χ0n) is 20.4. The van der Waals surface area contributed by atoms with Crippen LogP contribution < -0.4 is 3.84 Å². The number of benzene rings is 1. The number of rotatable bonds is 6. The van der Waals surface area contributed by atoms with Crippen molar-refractivity contribution in [3.05, 3.63) is 40.2 Å². The number of nitrogens with zero attached hydrogens (tertiary/aromatic N) is 4. The van der Waals surface area contributed by atoms with Gasteiger partial charge in [0.25, 0.3) is 0 Å². The van der Waals surface area contributed by atoms with Crippen molar-refractivity contribution in [2.75, 3.05) is 6.54 Å². The van der Waals surface area contributed by atoms with Crippen LogP contribution in [0.4, 0.5) is 4.79 Å². The number of esters is 1. The molecule has 0 saturated carbocycles. The standard InChI is InChI=1S/C20H25N4O4.3CH3.Sn/c1-13-14(6-7-15-16(13)11-27-18(15)25)8-9-24(19(26)28-20(2,3)4)10-17-21-12-22-23(17)5;;;;/h6-7H,8-11H2,1-5H3;3*1H3;. The van der Waals surface area contributed by atoms with E-state index in [4.69, 9.17) is 14.5 Å². The van der Waals surface area contributed by atoms with Crippen LogP contribution in [0.25, 0.3) is 0 Å². The summed E-state index contributed by atoms with van der Waals surface area (Å²) >= 11 is -2.43. The van der Waals surface area contributed by atoms with Gasteiger partial charge in [0.1, 0.15) is 0 Å². The molecule has 0 bridgehead atoms. The number of amides is 1. The molecule has 0 fully saturated rings. The summed E-state index contributed by atoms with van der Waals surface area (Å²) in [5.41, 5.74) is 3.10. The maximum absolute atomic E-state index is 13.0. The van der Waals surface area contributed by atoms with Gasteiger partial charge in [0.2, 0.25) is 0 Å². The predicted octanol–water partition coefficient (Wildman–Crippen LogP) is 3.32. The van der Waals surface area contributed by atoms with Crippen molar-refractivity contribution in [3.63, 3.8) is 0 Å². The first-order valence-electron chi connectivity index (χ1n) is 10.9. The summed E-state index contributed by atoms with van der Waals surface area (Å²) in [6.45, 7) is 8.68. The van der Waals surface area contributed by atoms with E-state index >= 15 is 0 Å². The van der Waals surface area contributed by atoms with Crippen LogP contribution in [0.3, 0.4) is 0 Å². The average Bonchev–Trinajstić information content (AvgIpc) is 3.22. The van der Waals surface area contributed by atoms with Crippen LogP contribution in [-0.2, 0) is 36.1 Å².